The van der Waals surface area contributed by atoms with E-state index in [0.717, 1.165) is 37.0 Å². The second-order valence-electron chi connectivity index (χ2n) is 7.10. The molecule has 3 aromatic rings. The van der Waals surface area contributed by atoms with Gasteiger partial charge in [0, 0.05) is 23.6 Å². The first-order chi connectivity index (χ1) is 12.7. The third-order valence-electron chi connectivity index (χ3n) is 5.26. The Morgan fingerprint density at radius 2 is 2.04 bits per heavy atom. The molecule has 0 atom stereocenters. The van der Waals surface area contributed by atoms with Crippen molar-refractivity contribution >= 4 is 16.9 Å². The van der Waals surface area contributed by atoms with Crippen LogP contribution >= 0.6 is 0 Å². The molecule has 2 saturated carbocycles. The Morgan fingerprint density at radius 1 is 1.23 bits per heavy atom. The van der Waals surface area contributed by atoms with Crippen molar-refractivity contribution in [3.63, 3.8) is 0 Å². The van der Waals surface area contributed by atoms with Gasteiger partial charge in [0.1, 0.15) is 23.5 Å². The quantitative estimate of drug-likeness (QED) is 0.630. The third-order valence-corrected chi connectivity index (χ3v) is 5.26. The van der Waals surface area contributed by atoms with Gasteiger partial charge in [0.15, 0.2) is 5.82 Å². The Labute approximate surface area is 148 Å². The van der Waals surface area contributed by atoms with Crippen LogP contribution in [0, 0.1) is 0 Å². The Hall–Kier alpha value is -2.81. The summed E-state index contributed by atoms with van der Waals surface area (Å²) in [6.07, 6.45) is 3.92. The number of amides is 1. The lowest BCUT2D eigenvalue weighted by Gasteiger charge is -2.35. The number of nitrogens with zero attached hydrogens (tertiary/aromatic N) is 5. The fourth-order valence-corrected chi connectivity index (χ4v) is 3.65. The molecule has 0 bridgehead atoms. The minimum Gasteiger partial charge on any atom is -0.388 e. The zero-order valence-corrected chi connectivity index (χ0v) is 14.1. The van der Waals surface area contributed by atoms with Gasteiger partial charge in [-0.15, -0.1) is 10.2 Å². The highest BCUT2D eigenvalue weighted by Crippen LogP contribution is 2.42. The highest BCUT2D eigenvalue weighted by Gasteiger charge is 2.38. The van der Waals surface area contributed by atoms with E-state index in [1.54, 1.807) is 18.2 Å². The molecular weight excluding hydrogens is 334 g/mol. The predicted octanol–water partition coefficient (Wildman–Crippen LogP) is 1.05. The first-order valence-electron chi connectivity index (χ1n) is 8.89. The fraction of sp³-hybridized carbons (Fsp3) is 0.471. The molecule has 9 nitrogen and oxygen atoms in total. The van der Waals surface area contributed by atoms with Gasteiger partial charge in [-0.05, 0) is 43.9 Å². The smallest absolute Gasteiger partial charge is 0.251 e. The van der Waals surface area contributed by atoms with E-state index in [0.29, 0.717) is 22.9 Å². The number of hydrogen-bond donors (Lipinski definition) is 3. The van der Waals surface area contributed by atoms with Gasteiger partial charge >= 0.3 is 0 Å². The van der Waals surface area contributed by atoms with Gasteiger partial charge < -0.3 is 15.0 Å². The maximum Gasteiger partial charge on any atom is 0.251 e. The van der Waals surface area contributed by atoms with Crippen LogP contribution in [-0.4, -0.2) is 47.2 Å². The lowest BCUT2D eigenvalue weighted by Crippen LogP contribution is -2.44. The van der Waals surface area contributed by atoms with E-state index in [2.05, 4.69) is 35.5 Å². The molecule has 0 unspecified atom stereocenters. The predicted molar refractivity (Wildman–Crippen MR) is 91.3 cm³/mol. The maximum absolute atomic E-state index is 12.5. The first kappa shape index (κ1) is 15.4. The second kappa shape index (κ2) is 5.87. The van der Waals surface area contributed by atoms with Crippen LogP contribution in [0.4, 0.5) is 0 Å². The van der Waals surface area contributed by atoms with Crippen molar-refractivity contribution in [2.75, 3.05) is 0 Å². The maximum atomic E-state index is 12.5. The molecule has 134 valence electrons. The van der Waals surface area contributed by atoms with Crippen LogP contribution in [0.5, 0.6) is 0 Å². The van der Waals surface area contributed by atoms with Crippen molar-refractivity contribution in [2.45, 2.75) is 50.3 Å². The van der Waals surface area contributed by atoms with Crippen LogP contribution in [-0.2, 0) is 6.61 Å². The van der Waals surface area contributed by atoms with Crippen molar-refractivity contribution in [3.05, 3.63) is 35.4 Å². The van der Waals surface area contributed by atoms with Crippen LogP contribution < -0.4 is 5.32 Å². The largest absolute Gasteiger partial charge is 0.388 e. The second-order valence-corrected chi connectivity index (χ2v) is 7.10. The van der Waals surface area contributed by atoms with Gasteiger partial charge in [0.05, 0.1) is 0 Å². The van der Waals surface area contributed by atoms with E-state index in [4.69, 9.17) is 0 Å². The van der Waals surface area contributed by atoms with Gasteiger partial charge in [0.2, 0.25) is 0 Å². The number of benzene rings is 1. The number of aliphatic hydroxyl groups excluding tert-OH is 1. The Kier molecular flexibility index (Phi) is 3.49. The number of rotatable bonds is 5. The van der Waals surface area contributed by atoms with Crippen LogP contribution in [0.2, 0.25) is 0 Å². The van der Waals surface area contributed by atoms with Crippen LogP contribution in [0.15, 0.2) is 18.2 Å². The van der Waals surface area contributed by atoms with Crippen molar-refractivity contribution in [1.29, 1.82) is 0 Å². The minimum absolute atomic E-state index is 0.0824. The third kappa shape index (κ3) is 2.55. The van der Waals surface area contributed by atoms with Crippen LogP contribution in [0.1, 0.15) is 59.6 Å². The molecule has 2 heterocycles. The van der Waals surface area contributed by atoms with E-state index in [1.807, 2.05) is 0 Å². The number of carbonyl (C=O) groups is 1. The van der Waals surface area contributed by atoms with Gasteiger partial charge in [0.25, 0.3) is 5.91 Å². The monoisotopic (exact) mass is 353 g/mol. The van der Waals surface area contributed by atoms with E-state index in [9.17, 15) is 9.90 Å². The van der Waals surface area contributed by atoms with Crippen molar-refractivity contribution < 1.29 is 9.90 Å². The summed E-state index contributed by atoms with van der Waals surface area (Å²) >= 11 is 0. The molecule has 0 spiro atoms. The number of aromatic nitrogens is 6. The summed E-state index contributed by atoms with van der Waals surface area (Å²) in [6, 6.07) is 5.84. The molecule has 26 heavy (non-hydrogen) atoms. The summed E-state index contributed by atoms with van der Waals surface area (Å²) in [4.78, 5) is 12.5. The Balaban J connectivity index is 1.24. The van der Waals surface area contributed by atoms with E-state index >= 15 is 0 Å². The Morgan fingerprint density at radius 3 is 2.81 bits per heavy atom. The molecule has 0 saturated heterocycles. The number of fused-ring (bicyclic) bond motifs is 1. The average Bonchev–Trinajstić information content (AvgIpc) is 3.19. The standard InChI is InChI=1S/C17H19N7O2/c25-8-15-21-22-16(24(15)12-2-3-12)10-5-11(6-10)18-17(26)9-1-4-13-14(7-9)20-23-19-13/h1,4,7,10-12,25H,2-3,5-6,8H2,(H,18,26)(H,19,20,23). The molecule has 9 heteroatoms. The molecule has 1 aromatic carbocycles. The van der Waals surface area contributed by atoms with Crippen molar-refractivity contribution in [2.24, 2.45) is 0 Å². The zero-order chi connectivity index (χ0) is 17.7. The van der Waals surface area contributed by atoms with Gasteiger partial charge in [-0.25, -0.2) is 0 Å². The summed E-state index contributed by atoms with van der Waals surface area (Å²) in [5.41, 5.74) is 2.00. The lowest BCUT2D eigenvalue weighted by atomic mass is 9.79. The van der Waals surface area contributed by atoms with Gasteiger partial charge in [-0.1, -0.05) is 0 Å². The highest BCUT2D eigenvalue weighted by molar-refractivity contribution is 5.97. The first-order valence-corrected chi connectivity index (χ1v) is 8.89. The minimum atomic E-state index is -0.0990. The summed E-state index contributed by atoms with van der Waals surface area (Å²) in [5, 5.41) is 31.5. The Bertz CT molecular complexity index is 969. The number of carbonyl (C=O) groups excluding carboxylic acids is 1. The lowest BCUT2D eigenvalue weighted by molar-refractivity contribution is 0.0906. The van der Waals surface area contributed by atoms with E-state index in [1.165, 1.54) is 0 Å². The number of aromatic amines is 1. The normalized spacial score (nSPS) is 22.3. The molecular formula is C17H19N7O2. The summed E-state index contributed by atoms with van der Waals surface area (Å²) in [6.45, 7) is -0.0824. The molecule has 2 aromatic heterocycles. The highest BCUT2D eigenvalue weighted by atomic mass is 16.3. The molecule has 2 aliphatic carbocycles. The number of H-pyrrole nitrogens is 1. The zero-order valence-electron chi connectivity index (χ0n) is 14.1. The summed E-state index contributed by atoms with van der Waals surface area (Å²) < 4.78 is 2.10. The summed E-state index contributed by atoms with van der Waals surface area (Å²) in [5.74, 6) is 1.78. The van der Waals surface area contributed by atoms with E-state index < -0.39 is 0 Å². The van der Waals surface area contributed by atoms with Crippen LogP contribution in [0.25, 0.3) is 11.0 Å². The molecule has 0 radical (unpaired) electrons. The molecule has 2 fully saturated rings. The van der Waals surface area contributed by atoms with Gasteiger partial charge in [-0.2, -0.15) is 15.4 Å². The SMILES string of the molecule is O=C(NC1CC(c2nnc(CO)n2C2CC2)C1)c1ccc2n[nH]nc2c1. The average molecular weight is 353 g/mol. The molecule has 1 amide bonds. The van der Waals surface area contributed by atoms with E-state index in [-0.39, 0.29) is 24.5 Å². The molecule has 3 N–H and O–H groups in total. The number of hydrogen-bond acceptors (Lipinski definition) is 6. The molecule has 5 rings (SSSR count). The molecule has 2 aliphatic rings. The number of nitrogens with one attached hydrogen (secondary N) is 2. The topological polar surface area (TPSA) is 122 Å². The molecule has 0 aliphatic heterocycles. The number of aliphatic hydroxyl groups is 1. The fourth-order valence-electron chi connectivity index (χ4n) is 3.65. The van der Waals surface area contributed by atoms with Crippen molar-refractivity contribution in [1.82, 2.24) is 35.5 Å². The van der Waals surface area contributed by atoms with Crippen molar-refractivity contribution in [3.8, 4) is 0 Å². The van der Waals surface area contributed by atoms with Gasteiger partial charge in [-0.3, -0.25) is 4.79 Å². The summed E-state index contributed by atoms with van der Waals surface area (Å²) in [7, 11) is 0. The van der Waals surface area contributed by atoms with Crippen LogP contribution in [0.3, 0.4) is 0 Å².